The fraction of sp³-hybridized carbons (Fsp3) is 0.0833. The van der Waals surface area contributed by atoms with E-state index in [9.17, 15) is 0 Å². The van der Waals surface area contributed by atoms with Crippen molar-refractivity contribution in [3.8, 4) is 6.07 Å². The van der Waals surface area contributed by atoms with Gasteiger partial charge in [0.2, 0.25) is 0 Å². The second-order valence-corrected chi connectivity index (χ2v) is 3.33. The summed E-state index contributed by atoms with van der Waals surface area (Å²) in [5.41, 5.74) is 2.21. The lowest BCUT2D eigenvalue weighted by Gasteiger charge is -2.07. The number of hydrogen-bond acceptors (Lipinski definition) is 4. The zero-order valence-corrected chi connectivity index (χ0v) is 8.81. The number of anilines is 2. The lowest BCUT2D eigenvalue weighted by Crippen LogP contribution is -1.98. The summed E-state index contributed by atoms with van der Waals surface area (Å²) in [5.74, 6) is 0.565. The van der Waals surface area contributed by atoms with Crippen LogP contribution in [-0.4, -0.2) is 9.97 Å². The van der Waals surface area contributed by atoms with Crippen LogP contribution >= 0.6 is 0 Å². The second-order valence-electron chi connectivity index (χ2n) is 3.33. The van der Waals surface area contributed by atoms with Crippen LogP contribution < -0.4 is 5.32 Å². The molecular weight excluding hydrogens is 200 g/mol. The van der Waals surface area contributed by atoms with Gasteiger partial charge < -0.3 is 5.32 Å². The van der Waals surface area contributed by atoms with Gasteiger partial charge in [0.25, 0.3) is 0 Å². The van der Waals surface area contributed by atoms with E-state index in [2.05, 4.69) is 21.4 Å². The first-order chi connectivity index (χ1) is 7.79. The number of rotatable bonds is 2. The smallest absolute Gasteiger partial charge is 0.148 e. The van der Waals surface area contributed by atoms with Gasteiger partial charge in [0.05, 0.1) is 17.4 Å². The Labute approximate surface area is 93.6 Å². The van der Waals surface area contributed by atoms with Crippen LogP contribution in [0.3, 0.4) is 0 Å². The number of aryl methyl sites for hydroxylation is 1. The molecule has 2 aromatic heterocycles. The molecule has 16 heavy (non-hydrogen) atoms. The Morgan fingerprint density at radius 3 is 2.88 bits per heavy atom. The maximum Gasteiger partial charge on any atom is 0.148 e. The van der Waals surface area contributed by atoms with E-state index in [1.165, 1.54) is 0 Å². The highest BCUT2D eigenvalue weighted by Gasteiger charge is 2.03. The summed E-state index contributed by atoms with van der Waals surface area (Å²) >= 11 is 0. The van der Waals surface area contributed by atoms with Crippen LogP contribution in [0.5, 0.6) is 0 Å². The van der Waals surface area contributed by atoms with E-state index in [-0.39, 0.29) is 0 Å². The molecule has 4 nitrogen and oxygen atoms in total. The molecule has 2 heterocycles. The van der Waals surface area contributed by atoms with Crippen molar-refractivity contribution < 1.29 is 0 Å². The molecule has 0 atom stereocenters. The minimum Gasteiger partial charge on any atom is -0.338 e. The van der Waals surface area contributed by atoms with E-state index in [4.69, 9.17) is 5.26 Å². The molecule has 4 heteroatoms. The van der Waals surface area contributed by atoms with E-state index >= 15 is 0 Å². The van der Waals surface area contributed by atoms with E-state index < -0.39 is 0 Å². The number of nitriles is 1. The monoisotopic (exact) mass is 210 g/mol. The van der Waals surface area contributed by atoms with Crippen molar-refractivity contribution in [2.45, 2.75) is 6.92 Å². The van der Waals surface area contributed by atoms with Crippen molar-refractivity contribution in [2.75, 3.05) is 5.32 Å². The van der Waals surface area contributed by atoms with Crippen LogP contribution in [0.25, 0.3) is 0 Å². The molecule has 1 N–H and O–H groups in total. The Bertz CT molecular complexity index is 528. The molecule has 0 aromatic carbocycles. The Hall–Kier alpha value is -2.41. The van der Waals surface area contributed by atoms with Crippen molar-refractivity contribution in [2.24, 2.45) is 0 Å². The predicted molar refractivity (Wildman–Crippen MR) is 61.2 cm³/mol. The molecular formula is C12H10N4. The van der Waals surface area contributed by atoms with Gasteiger partial charge in [-0.05, 0) is 31.2 Å². The molecule has 0 saturated carbocycles. The summed E-state index contributed by atoms with van der Waals surface area (Å²) in [5, 5.41) is 12.0. The van der Waals surface area contributed by atoms with Gasteiger partial charge in [0.15, 0.2) is 0 Å². The molecule has 2 rings (SSSR count). The molecule has 0 bridgehead atoms. The van der Waals surface area contributed by atoms with Crippen LogP contribution in [0, 0.1) is 18.3 Å². The lowest BCUT2D eigenvalue weighted by molar-refractivity contribution is 1.18. The molecule has 2 aromatic rings. The first-order valence-electron chi connectivity index (χ1n) is 4.84. The van der Waals surface area contributed by atoms with Gasteiger partial charge in [-0.25, -0.2) is 4.98 Å². The average Bonchev–Trinajstić information content (AvgIpc) is 2.31. The molecule has 78 valence electrons. The van der Waals surface area contributed by atoms with E-state index in [1.807, 2.05) is 25.1 Å². The third-order valence-electron chi connectivity index (χ3n) is 2.08. The number of aromatic nitrogens is 2. The normalized spacial score (nSPS) is 9.50. The molecule has 0 aliphatic carbocycles. The quantitative estimate of drug-likeness (QED) is 0.826. The number of hydrogen-bond donors (Lipinski definition) is 1. The summed E-state index contributed by atoms with van der Waals surface area (Å²) in [7, 11) is 0. The molecule has 0 fully saturated rings. The summed E-state index contributed by atoms with van der Waals surface area (Å²) in [6.45, 7) is 1.88. The third kappa shape index (κ3) is 2.15. The van der Waals surface area contributed by atoms with Crippen molar-refractivity contribution in [3.63, 3.8) is 0 Å². The average molecular weight is 210 g/mol. The largest absolute Gasteiger partial charge is 0.338 e. The van der Waals surface area contributed by atoms with E-state index in [1.54, 1.807) is 18.5 Å². The summed E-state index contributed by atoms with van der Waals surface area (Å²) in [6.07, 6.45) is 3.38. The highest BCUT2D eigenvalue weighted by molar-refractivity contribution is 5.61. The molecule has 0 aliphatic rings. The van der Waals surface area contributed by atoms with Crippen molar-refractivity contribution >= 4 is 11.5 Å². The van der Waals surface area contributed by atoms with Crippen LogP contribution in [0.15, 0.2) is 36.7 Å². The van der Waals surface area contributed by atoms with Crippen LogP contribution in [0.1, 0.15) is 11.3 Å². The van der Waals surface area contributed by atoms with Gasteiger partial charge in [0, 0.05) is 11.9 Å². The Morgan fingerprint density at radius 1 is 1.31 bits per heavy atom. The fourth-order valence-electron chi connectivity index (χ4n) is 1.32. The predicted octanol–water partition coefficient (Wildman–Crippen LogP) is 2.40. The summed E-state index contributed by atoms with van der Waals surface area (Å²) < 4.78 is 0. The SMILES string of the molecule is Cc1ccc(C#N)c(Nc2cccnc2)n1. The molecule has 0 amide bonds. The minimum absolute atomic E-state index is 0.523. The van der Waals surface area contributed by atoms with E-state index in [0.29, 0.717) is 11.4 Å². The highest BCUT2D eigenvalue weighted by atomic mass is 15.0. The lowest BCUT2D eigenvalue weighted by atomic mass is 10.2. The Kier molecular flexibility index (Phi) is 2.79. The zero-order chi connectivity index (χ0) is 11.4. The summed E-state index contributed by atoms with van der Waals surface area (Å²) in [6, 6.07) is 9.36. The van der Waals surface area contributed by atoms with Gasteiger partial charge in [0.1, 0.15) is 11.9 Å². The Balaban J connectivity index is 2.35. The van der Waals surface area contributed by atoms with Crippen molar-refractivity contribution in [3.05, 3.63) is 47.9 Å². The third-order valence-corrected chi connectivity index (χ3v) is 2.08. The van der Waals surface area contributed by atoms with Crippen LogP contribution in [0.2, 0.25) is 0 Å². The van der Waals surface area contributed by atoms with Gasteiger partial charge in [-0.15, -0.1) is 0 Å². The van der Waals surface area contributed by atoms with Crippen LogP contribution in [-0.2, 0) is 0 Å². The van der Waals surface area contributed by atoms with Crippen molar-refractivity contribution in [1.82, 2.24) is 9.97 Å². The number of nitrogens with one attached hydrogen (secondary N) is 1. The van der Waals surface area contributed by atoms with Gasteiger partial charge in [-0.1, -0.05) is 0 Å². The standard InChI is InChI=1S/C12H10N4/c1-9-4-5-10(7-13)12(15-9)16-11-3-2-6-14-8-11/h2-6,8H,1H3,(H,15,16). The maximum atomic E-state index is 8.94. The zero-order valence-electron chi connectivity index (χ0n) is 8.81. The molecule has 0 radical (unpaired) electrons. The molecule has 0 unspecified atom stereocenters. The van der Waals surface area contributed by atoms with Gasteiger partial charge in [-0.3, -0.25) is 4.98 Å². The molecule has 0 saturated heterocycles. The maximum absolute atomic E-state index is 8.94. The first kappa shape index (κ1) is 10.1. The highest BCUT2D eigenvalue weighted by Crippen LogP contribution is 2.17. The van der Waals surface area contributed by atoms with Gasteiger partial charge >= 0.3 is 0 Å². The molecule has 0 spiro atoms. The van der Waals surface area contributed by atoms with E-state index in [0.717, 1.165) is 11.4 Å². The number of pyridine rings is 2. The number of nitrogens with zero attached hydrogens (tertiary/aromatic N) is 3. The van der Waals surface area contributed by atoms with Crippen molar-refractivity contribution in [1.29, 1.82) is 5.26 Å². The summed E-state index contributed by atoms with van der Waals surface area (Å²) in [4.78, 5) is 8.26. The second kappa shape index (κ2) is 4.41. The fourth-order valence-corrected chi connectivity index (χ4v) is 1.32. The van der Waals surface area contributed by atoms with Crippen LogP contribution in [0.4, 0.5) is 11.5 Å². The minimum atomic E-state index is 0.523. The first-order valence-corrected chi connectivity index (χ1v) is 4.84. The topological polar surface area (TPSA) is 61.6 Å². The Morgan fingerprint density at radius 2 is 2.19 bits per heavy atom. The van der Waals surface area contributed by atoms with Gasteiger partial charge in [-0.2, -0.15) is 5.26 Å². The molecule has 0 aliphatic heterocycles.